The Labute approximate surface area is 94.7 Å². The fourth-order valence-corrected chi connectivity index (χ4v) is 1.06. The number of carbonyl (C=O) groups is 1. The summed E-state index contributed by atoms with van der Waals surface area (Å²) < 4.78 is 5.00. The molecule has 1 aromatic carbocycles. The lowest BCUT2D eigenvalue weighted by molar-refractivity contribution is -0.135. The van der Waals surface area contributed by atoms with Gasteiger partial charge in [-0.05, 0) is 17.7 Å². The third-order valence-corrected chi connectivity index (χ3v) is 1.76. The van der Waals surface area contributed by atoms with Gasteiger partial charge in [0.15, 0.2) is 0 Å². The zero-order valence-corrected chi connectivity index (χ0v) is 9.21. The number of carboxylic acids is 1. The maximum atomic E-state index is 10.2. The zero-order valence-electron chi connectivity index (χ0n) is 8.40. The highest BCUT2D eigenvalue weighted by Crippen LogP contribution is 2.10. The van der Waals surface area contributed by atoms with Crippen molar-refractivity contribution in [3.63, 3.8) is 0 Å². The molecular weight excluding hydrogens is 218 g/mol. The first kappa shape index (κ1) is 13.7. The van der Waals surface area contributed by atoms with Crippen LogP contribution in [0.2, 0.25) is 0 Å². The van der Waals surface area contributed by atoms with Gasteiger partial charge in [-0.1, -0.05) is 12.1 Å². The van der Waals surface area contributed by atoms with Crippen molar-refractivity contribution in [1.82, 2.24) is 5.32 Å². The summed E-state index contributed by atoms with van der Waals surface area (Å²) in [6.07, 6.45) is 0. The molecule has 0 amide bonds. The van der Waals surface area contributed by atoms with Crippen molar-refractivity contribution in [1.29, 1.82) is 0 Å². The summed E-state index contributed by atoms with van der Waals surface area (Å²) in [4.78, 5) is 10.2. The molecule has 0 bridgehead atoms. The van der Waals surface area contributed by atoms with Crippen molar-refractivity contribution in [3.8, 4) is 5.75 Å². The van der Waals surface area contributed by atoms with Gasteiger partial charge in [-0.15, -0.1) is 12.4 Å². The summed E-state index contributed by atoms with van der Waals surface area (Å²) in [6.45, 7) is 0.530. The molecule has 0 saturated heterocycles. The second-order valence-corrected chi connectivity index (χ2v) is 2.85. The smallest absolute Gasteiger partial charge is 0.317 e. The highest BCUT2D eigenvalue weighted by molar-refractivity contribution is 5.85. The van der Waals surface area contributed by atoms with E-state index in [1.54, 1.807) is 7.11 Å². The van der Waals surface area contributed by atoms with E-state index in [1.165, 1.54) is 0 Å². The van der Waals surface area contributed by atoms with Gasteiger partial charge in [0.1, 0.15) is 5.75 Å². The van der Waals surface area contributed by atoms with Crippen molar-refractivity contribution in [2.75, 3.05) is 13.7 Å². The molecular formula is C10H14ClNO3. The third kappa shape index (κ3) is 5.24. The summed E-state index contributed by atoms with van der Waals surface area (Å²) in [7, 11) is 1.61. The van der Waals surface area contributed by atoms with Crippen molar-refractivity contribution in [3.05, 3.63) is 29.8 Å². The first-order valence-electron chi connectivity index (χ1n) is 4.28. The van der Waals surface area contributed by atoms with E-state index in [4.69, 9.17) is 9.84 Å². The van der Waals surface area contributed by atoms with Crippen molar-refractivity contribution >= 4 is 18.4 Å². The number of aliphatic carboxylic acids is 1. The van der Waals surface area contributed by atoms with Crippen molar-refractivity contribution in [2.24, 2.45) is 0 Å². The Balaban J connectivity index is 0.00000196. The van der Waals surface area contributed by atoms with Crippen LogP contribution in [0.4, 0.5) is 0 Å². The lowest BCUT2D eigenvalue weighted by atomic mass is 10.2. The van der Waals surface area contributed by atoms with Crippen LogP contribution < -0.4 is 10.1 Å². The topological polar surface area (TPSA) is 58.6 Å². The lowest BCUT2D eigenvalue weighted by Gasteiger charge is -2.03. The van der Waals surface area contributed by atoms with Gasteiger partial charge >= 0.3 is 5.97 Å². The van der Waals surface area contributed by atoms with Gasteiger partial charge < -0.3 is 15.2 Å². The Bertz CT molecular complexity index is 300. The monoisotopic (exact) mass is 231 g/mol. The van der Waals surface area contributed by atoms with Gasteiger partial charge in [-0.3, -0.25) is 4.79 Å². The van der Waals surface area contributed by atoms with Crippen LogP contribution in [-0.2, 0) is 11.3 Å². The number of ether oxygens (including phenoxy) is 1. The van der Waals surface area contributed by atoms with Crippen LogP contribution in [-0.4, -0.2) is 24.7 Å². The largest absolute Gasteiger partial charge is 0.497 e. The Kier molecular flexibility index (Phi) is 6.49. The Morgan fingerprint density at radius 2 is 2.00 bits per heavy atom. The first-order chi connectivity index (χ1) is 6.72. The molecule has 84 valence electrons. The summed E-state index contributed by atoms with van der Waals surface area (Å²) >= 11 is 0. The van der Waals surface area contributed by atoms with Crippen LogP contribution in [0.25, 0.3) is 0 Å². The molecule has 15 heavy (non-hydrogen) atoms. The van der Waals surface area contributed by atoms with E-state index in [9.17, 15) is 4.79 Å². The molecule has 0 heterocycles. The third-order valence-electron chi connectivity index (χ3n) is 1.76. The van der Waals surface area contributed by atoms with E-state index in [1.807, 2.05) is 24.3 Å². The van der Waals surface area contributed by atoms with E-state index in [0.29, 0.717) is 6.54 Å². The van der Waals surface area contributed by atoms with Crippen molar-refractivity contribution < 1.29 is 14.6 Å². The molecule has 0 aliphatic carbocycles. The van der Waals surface area contributed by atoms with E-state index in [2.05, 4.69) is 5.32 Å². The summed E-state index contributed by atoms with van der Waals surface area (Å²) in [5.41, 5.74) is 1.03. The quantitative estimate of drug-likeness (QED) is 0.802. The highest BCUT2D eigenvalue weighted by Gasteiger charge is 1.96. The fourth-order valence-electron chi connectivity index (χ4n) is 1.06. The lowest BCUT2D eigenvalue weighted by Crippen LogP contribution is -2.21. The van der Waals surface area contributed by atoms with E-state index < -0.39 is 5.97 Å². The summed E-state index contributed by atoms with van der Waals surface area (Å²) in [5.74, 6) is -0.0505. The zero-order chi connectivity index (χ0) is 10.4. The predicted octanol–water partition coefficient (Wildman–Crippen LogP) is 1.29. The molecule has 2 N–H and O–H groups in total. The maximum absolute atomic E-state index is 10.2. The number of carboxylic acid groups (broad SMARTS) is 1. The normalized spacial score (nSPS) is 9.13. The molecule has 0 saturated carbocycles. The van der Waals surface area contributed by atoms with Crippen LogP contribution in [0.5, 0.6) is 5.75 Å². The van der Waals surface area contributed by atoms with E-state index in [-0.39, 0.29) is 19.0 Å². The van der Waals surface area contributed by atoms with E-state index in [0.717, 1.165) is 11.3 Å². The average Bonchev–Trinajstić information content (AvgIpc) is 2.18. The predicted molar refractivity (Wildman–Crippen MR) is 59.6 cm³/mol. The number of benzene rings is 1. The first-order valence-corrected chi connectivity index (χ1v) is 4.28. The van der Waals surface area contributed by atoms with Crippen LogP contribution in [0.1, 0.15) is 5.56 Å². The Morgan fingerprint density at radius 3 is 2.47 bits per heavy atom. The Hall–Kier alpha value is -1.26. The number of halogens is 1. The van der Waals surface area contributed by atoms with Crippen LogP contribution in [0, 0.1) is 0 Å². The molecule has 0 spiro atoms. The molecule has 1 aromatic rings. The summed E-state index contributed by atoms with van der Waals surface area (Å²) in [6, 6.07) is 7.48. The number of hydrogen-bond donors (Lipinski definition) is 2. The minimum absolute atomic E-state index is 0. The number of methoxy groups -OCH3 is 1. The van der Waals surface area contributed by atoms with Gasteiger partial charge in [-0.2, -0.15) is 0 Å². The molecule has 0 unspecified atom stereocenters. The summed E-state index contributed by atoms with van der Waals surface area (Å²) in [5, 5.41) is 11.2. The number of rotatable bonds is 5. The fraction of sp³-hybridized carbons (Fsp3) is 0.300. The van der Waals surface area contributed by atoms with Gasteiger partial charge in [0.05, 0.1) is 13.7 Å². The Morgan fingerprint density at radius 1 is 1.40 bits per heavy atom. The molecule has 0 atom stereocenters. The maximum Gasteiger partial charge on any atom is 0.317 e. The molecule has 4 nitrogen and oxygen atoms in total. The molecule has 0 aliphatic heterocycles. The van der Waals surface area contributed by atoms with Crippen LogP contribution >= 0.6 is 12.4 Å². The molecule has 0 aromatic heterocycles. The van der Waals surface area contributed by atoms with Gasteiger partial charge in [0.2, 0.25) is 0 Å². The second kappa shape index (κ2) is 7.09. The van der Waals surface area contributed by atoms with Crippen molar-refractivity contribution in [2.45, 2.75) is 6.54 Å². The van der Waals surface area contributed by atoms with E-state index >= 15 is 0 Å². The van der Waals surface area contributed by atoms with Gasteiger partial charge in [-0.25, -0.2) is 0 Å². The second-order valence-electron chi connectivity index (χ2n) is 2.85. The highest BCUT2D eigenvalue weighted by atomic mass is 35.5. The van der Waals surface area contributed by atoms with Gasteiger partial charge in [0.25, 0.3) is 0 Å². The number of hydrogen-bond acceptors (Lipinski definition) is 3. The molecule has 0 aliphatic rings. The average molecular weight is 232 g/mol. The molecule has 0 radical (unpaired) electrons. The van der Waals surface area contributed by atoms with Gasteiger partial charge in [0, 0.05) is 6.54 Å². The molecule has 5 heteroatoms. The minimum atomic E-state index is -0.849. The molecule has 1 rings (SSSR count). The SMILES string of the molecule is COc1ccc(CNCC(=O)O)cc1.Cl. The molecule has 0 fully saturated rings. The van der Waals surface area contributed by atoms with Crippen LogP contribution in [0.3, 0.4) is 0 Å². The minimum Gasteiger partial charge on any atom is -0.497 e. The number of nitrogens with one attached hydrogen (secondary N) is 1. The standard InChI is InChI=1S/C10H13NO3.ClH/c1-14-9-4-2-8(3-5-9)6-11-7-10(12)13;/h2-5,11H,6-7H2,1H3,(H,12,13);1H. The van der Waals surface area contributed by atoms with Crippen LogP contribution in [0.15, 0.2) is 24.3 Å².